The van der Waals surface area contributed by atoms with E-state index in [4.69, 9.17) is 9.47 Å². The molecule has 0 unspecified atom stereocenters. The van der Waals surface area contributed by atoms with Crippen LogP contribution < -0.4 is 9.47 Å². The quantitative estimate of drug-likeness (QED) is 0.318. The minimum atomic E-state index is 0.0956. The second-order valence-corrected chi connectivity index (χ2v) is 10.2. The summed E-state index contributed by atoms with van der Waals surface area (Å²) in [6.07, 6.45) is 0. The number of hydrogen-bond acceptors (Lipinski definition) is 5. The minimum absolute atomic E-state index is 0.0956. The second-order valence-electron chi connectivity index (χ2n) is 9.28. The maximum absolute atomic E-state index is 5.64. The first-order valence-corrected chi connectivity index (χ1v) is 12.0. The van der Waals surface area contributed by atoms with Gasteiger partial charge in [0.2, 0.25) is 6.79 Å². The fraction of sp³-hybridized carbons (Fsp3) is 0.259. The SMILES string of the molecule is Cc1cccc(CSc2nnc(-c3ccc(C(C)(C)C)cc3)n2-c2ccc3c(c2)OCO3)c1. The molecule has 5 rings (SSSR count). The molecular formula is C27H27N3O2S. The van der Waals surface area contributed by atoms with E-state index in [0.717, 1.165) is 39.5 Å². The third-order valence-corrected chi connectivity index (χ3v) is 6.71. The molecule has 4 aromatic rings. The number of rotatable bonds is 5. The van der Waals surface area contributed by atoms with E-state index in [1.807, 2.05) is 18.2 Å². The third kappa shape index (κ3) is 4.48. The van der Waals surface area contributed by atoms with Crippen LogP contribution in [-0.4, -0.2) is 21.6 Å². The highest BCUT2D eigenvalue weighted by molar-refractivity contribution is 7.98. The number of aryl methyl sites for hydroxylation is 1. The standard InChI is InChI=1S/C27H27N3O2S/c1-18-6-5-7-19(14-18)16-33-26-29-28-25(20-8-10-21(11-9-20)27(2,3)4)30(26)22-12-13-23-24(15-22)32-17-31-23/h5-15H,16-17H2,1-4H3. The van der Waals surface area contributed by atoms with Gasteiger partial charge in [-0.15, -0.1) is 10.2 Å². The van der Waals surface area contributed by atoms with E-state index in [1.165, 1.54) is 16.7 Å². The lowest BCUT2D eigenvalue weighted by Crippen LogP contribution is -2.10. The van der Waals surface area contributed by atoms with E-state index in [-0.39, 0.29) is 12.2 Å². The number of nitrogens with zero attached hydrogens (tertiary/aromatic N) is 3. The monoisotopic (exact) mass is 457 g/mol. The summed E-state index contributed by atoms with van der Waals surface area (Å²) in [6.45, 7) is 9.02. The molecular weight excluding hydrogens is 430 g/mol. The normalized spacial score (nSPS) is 12.8. The van der Waals surface area contributed by atoms with Crippen molar-refractivity contribution in [2.45, 2.75) is 44.0 Å². The van der Waals surface area contributed by atoms with Crippen LogP contribution in [0.2, 0.25) is 0 Å². The van der Waals surface area contributed by atoms with Crippen LogP contribution in [0, 0.1) is 6.92 Å². The fourth-order valence-corrected chi connectivity index (χ4v) is 4.77. The Hall–Kier alpha value is -3.25. The van der Waals surface area contributed by atoms with Crippen molar-refractivity contribution >= 4 is 11.8 Å². The lowest BCUT2D eigenvalue weighted by molar-refractivity contribution is 0.174. The molecule has 0 N–H and O–H groups in total. The summed E-state index contributed by atoms with van der Waals surface area (Å²) in [5.41, 5.74) is 5.87. The largest absolute Gasteiger partial charge is 0.454 e. The molecule has 6 heteroatoms. The molecule has 3 aromatic carbocycles. The average Bonchev–Trinajstić information content (AvgIpc) is 3.43. The van der Waals surface area contributed by atoms with Crippen LogP contribution in [0.4, 0.5) is 0 Å². The molecule has 0 fully saturated rings. The summed E-state index contributed by atoms with van der Waals surface area (Å²) in [4.78, 5) is 0. The van der Waals surface area contributed by atoms with Gasteiger partial charge in [-0.3, -0.25) is 4.57 Å². The maximum Gasteiger partial charge on any atom is 0.231 e. The summed E-state index contributed by atoms with van der Waals surface area (Å²) < 4.78 is 13.3. The molecule has 0 saturated carbocycles. The van der Waals surface area contributed by atoms with Gasteiger partial charge in [-0.05, 0) is 35.6 Å². The van der Waals surface area contributed by atoms with Crippen LogP contribution in [0.3, 0.4) is 0 Å². The molecule has 0 atom stereocenters. The summed E-state index contributed by atoms with van der Waals surface area (Å²) in [6, 6.07) is 23.1. The number of hydrogen-bond donors (Lipinski definition) is 0. The minimum Gasteiger partial charge on any atom is -0.454 e. The van der Waals surface area contributed by atoms with Crippen molar-refractivity contribution in [1.82, 2.24) is 14.8 Å². The Morgan fingerprint density at radius 3 is 2.45 bits per heavy atom. The first-order valence-electron chi connectivity index (χ1n) is 11.0. The number of aromatic nitrogens is 3. The van der Waals surface area contributed by atoms with Crippen LogP contribution in [0.5, 0.6) is 11.5 Å². The fourth-order valence-electron chi connectivity index (χ4n) is 3.88. The van der Waals surface area contributed by atoms with Crippen molar-refractivity contribution in [3.8, 4) is 28.6 Å². The highest BCUT2D eigenvalue weighted by Gasteiger charge is 2.21. The molecule has 0 radical (unpaired) electrons. The summed E-state index contributed by atoms with van der Waals surface area (Å²) in [7, 11) is 0. The van der Waals surface area contributed by atoms with E-state index in [0.29, 0.717) is 0 Å². The predicted octanol–water partition coefficient (Wildman–Crippen LogP) is 6.56. The van der Waals surface area contributed by atoms with Gasteiger partial charge in [0, 0.05) is 17.4 Å². The first-order chi connectivity index (χ1) is 15.9. The molecule has 0 bridgehead atoms. The zero-order valence-electron chi connectivity index (χ0n) is 19.3. The maximum atomic E-state index is 5.64. The lowest BCUT2D eigenvalue weighted by Gasteiger charge is -2.19. The Morgan fingerprint density at radius 1 is 0.909 bits per heavy atom. The van der Waals surface area contributed by atoms with E-state index in [9.17, 15) is 0 Å². The van der Waals surface area contributed by atoms with Gasteiger partial charge in [0.1, 0.15) is 0 Å². The molecule has 0 amide bonds. The molecule has 5 nitrogen and oxygen atoms in total. The molecule has 168 valence electrons. The van der Waals surface area contributed by atoms with Crippen LogP contribution in [-0.2, 0) is 11.2 Å². The van der Waals surface area contributed by atoms with E-state index in [2.05, 4.69) is 91.0 Å². The average molecular weight is 458 g/mol. The van der Waals surface area contributed by atoms with Gasteiger partial charge >= 0.3 is 0 Å². The third-order valence-electron chi connectivity index (χ3n) is 5.71. The van der Waals surface area contributed by atoms with Gasteiger partial charge in [-0.25, -0.2) is 0 Å². The molecule has 33 heavy (non-hydrogen) atoms. The second kappa shape index (κ2) is 8.60. The zero-order valence-corrected chi connectivity index (χ0v) is 20.1. The Kier molecular flexibility index (Phi) is 5.62. The summed E-state index contributed by atoms with van der Waals surface area (Å²) >= 11 is 1.68. The van der Waals surface area contributed by atoms with Crippen molar-refractivity contribution in [3.05, 3.63) is 83.4 Å². The van der Waals surface area contributed by atoms with Crippen molar-refractivity contribution in [3.63, 3.8) is 0 Å². The molecule has 1 aliphatic rings. The van der Waals surface area contributed by atoms with Crippen LogP contribution in [0.1, 0.15) is 37.5 Å². The topological polar surface area (TPSA) is 49.2 Å². The van der Waals surface area contributed by atoms with E-state index >= 15 is 0 Å². The summed E-state index contributed by atoms with van der Waals surface area (Å²) in [5, 5.41) is 10.0. The smallest absolute Gasteiger partial charge is 0.231 e. The van der Waals surface area contributed by atoms with Crippen molar-refractivity contribution in [2.24, 2.45) is 0 Å². The Balaban J connectivity index is 1.55. The molecule has 1 aliphatic heterocycles. The highest BCUT2D eigenvalue weighted by Crippen LogP contribution is 2.37. The van der Waals surface area contributed by atoms with Gasteiger partial charge in [-0.2, -0.15) is 0 Å². The number of fused-ring (bicyclic) bond motifs is 1. The highest BCUT2D eigenvalue weighted by atomic mass is 32.2. The predicted molar refractivity (Wildman–Crippen MR) is 132 cm³/mol. The van der Waals surface area contributed by atoms with E-state index in [1.54, 1.807) is 11.8 Å². The molecule has 0 spiro atoms. The Morgan fingerprint density at radius 2 is 1.70 bits per heavy atom. The molecule has 0 saturated heterocycles. The van der Waals surface area contributed by atoms with Crippen LogP contribution in [0.15, 0.2) is 71.9 Å². The molecule has 1 aromatic heterocycles. The van der Waals surface area contributed by atoms with Gasteiger partial charge in [0.05, 0.1) is 5.69 Å². The van der Waals surface area contributed by atoms with Gasteiger partial charge < -0.3 is 9.47 Å². The Labute approximate surface area is 198 Å². The summed E-state index contributed by atoms with van der Waals surface area (Å²) in [5.74, 6) is 3.12. The Bertz CT molecular complexity index is 1290. The van der Waals surface area contributed by atoms with E-state index < -0.39 is 0 Å². The van der Waals surface area contributed by atoms with Crippen LogP contribution >= 0.6 is 11.8 Å². The van der Waals surface area contributed by atoms with Gasteiger partial charge in [-0.1, -0.05) is 86.6 Å². The van der Waals surface area contributed by atoms with Crippen LogP contribution in [0.25, 0.3) is 17.1 Å². The van der Waals surface area contributed by atoms with Crippen molar-refractivity contribution < 1.29 is 9.47 Å². The first kappa shape index (κ1) is 21.6. The number of ether oxygens (including phenoxy) is 2. The van der Waals surface area contributed by atoms with Gasteiger partial charge in [0.15, 0.2) is 22.5 Å². The number of benzene rings is 3. The molecule has 2 heterocycles. The number of thioether (sulfide) groups is 1. The molecule has 0 aliphatic carbocycles. The van der Waals surface area contributed by atoms with Crippen molar-refractivity contribution in [1.29, 1.82) is 0 Å². The van der Waals surface area contributed by atoms with Crippen molar-refractivity contribution in [2.75, 3.05) is 6.79 Å². The zero-order chi connectivity index (χ0) is 23.0. The lowest BCUT2D eigenvalue weighted by atomic mass is 9.87. The van der Waals surface area contributed by atoms with Gasteiger partial charge in [0.25, 0.3) is 0 Å².